The number of carbonyl (C=O) groups is 2. The Hall–Kier alpha value is -2.04. The maximum atomic E-state index is 12.1. The zero-order valence-electron chi connectivity index (χ0n) is 12.4. The van der Waals surface area contributed by atoms with Crippen LogP contribution in [0, 0.1) is 0 Å². The molecule has 3 N–H and O–H groups in total. The van der Waals surface area contributed by atoms with Gasteiger partial charge in [0.05, 0.1) is 0 Å². The third-order valence-electron chi connectivity index (χ3n) is 3.86. The molecule has 0 aliphatic heterocycles. The molecule has 1 aromatic rings. The van der Waals surface area contributed by atoms with Crippen LogP contribution < -0.4 is 16.0 Å². The van der Waals surface area contributed by atoms with Crippen molar-refractivity contribution in [1.29, 1.82) is 0 Å². The first kappa shape index (κ1) is 15.4. The summed E-state index contributed by atoms with van der Waals surface area (Å²) in [7, 11) is 1.57. The van der Waals surface area contributed by atoms with Gasteiger partial charge in [-0.2, -0.15) is 0 Å². The maximum Gasteiger partial charge on any atom is 0.315 e. The van der Waals surface area contributed by atoms with Gasteiger partial charge < -0.3 is 16.0 Å². The van der Waals surface area contributed by atoms with Gasteiger partial charge in [-0.1, -0.05) is 49.6 Å². The smallest absolute Gasteiger partial charge is 0.315 e. The van der Waals surface area contributed by atoms with Gasteiger partial charge in [0.2, 0.25) is 5.91 Å². The number of carbonyl (C=O) groups excluding carboxylic acids is 2. The minimum atomic E-state index is -0.667. The van der Waals surface area contributed by atoms with Crippen molar-refractivity contribution < 1.29 is 9.59 Å². The number of nitrogens with one attached hydrogen (secondary N) is 3. The third kappa shape index (κ3) is 4.48. The Morgan fingerprint density at radius 2 is 1.76 bits per heavy atom. The van der Waals surface area contributed by atoms with E-state index in [9.17, 15) is 9.59 Å². The van der Waals surface area contributed by atoms with Crippen LogP contribution in [-0.4, -0.2) is 25.0 Å². The van der Waals surface area contributed by atoms with Crippen molar-refractivity contribution in [1.82, 2.24) is 16.0 Å². The van der Waals surface area contributed by atoms with Crippen molar-refractivity contribution in [2.75, 3.05) is 7.05 Å². The number of benzene rings is 1. The molecule has 0 aromatic heterocycles. The fourth-order valence-electron chi connectivity index (χ4n) is 2.70. The fourth-order valence-corrected chi connectivity index (χ4v) is 2.70. The molecule has 0 saturated heterocycles. The standard InChI is InChI=1S/C16H23N3O2/c1-17-15(20)14(12-8-4-2-5-9-12)19-16(21)18-13-10-6-3-7-11-13/h2,4-5,8-9,13-14H,3,6-7,10-11H2,1H3,(H,17,20)(H2,18,19,21)/t14-/m1/s1. The molecule has 1 aliphatic rings. The first-order valence-electron chi connectivity index (χ1n) is 7.54. The number of urea groups is 1. The molecule has 5 heteroatoms. The van der Waals surface area contributed by atoms with E-state index in [1.54, 1.807) is 7.05 Å². The van der Waals surface area contributed by atoms with Crippen molar-refractivity contribution in [3.8, 4) is 0 Å². The predicted molar refractivity (Wildman–Crippen MR) is 81.8 cm³/mol. The van der Waals surface area contributed by atoms with Gasteiger partial charge in [-0.15, -0.1) is 0 Å². The molecule has 0 bridgehead atoms. The predicted octanol–water partition coefficient (Wildman–Crippen LogP) is 2.11. The van der Waals surface area contributed by atoms with Gasteiger partial charge >= 0.3 is 6.03 Å². The first-order chi connectivity index (χ1) is 10.2. The minimum absolute atomic E-state index is 0.222. The van der Waals surface area contributed by atoms with Crippen LogP contribution in [0.4, 0.5) is 4.79 Å². The zero-order chi connectivity index (χ0) is 15.1. The Morgan fingerprint density at radius 3 is 2.38 bits per heavy atom. The molecule has 5 nitrogen and oxygen atoms in total. The highest BCUT2D eigenvalue weighted by Crippen LogP contribution is 2.18. The molecule has 114 valence electrons. The second kappa shape index (κ2) is 7.67. The van der Waals surface area contributed by atoms with E-state index >= 15 is 0 Å². The van der Waals surface area contributed by atoms with Crippen LogP contribution in [0.5, 0.6) is 0 Å². The van der Waals surface area contributed by atoms with Crippen molar-refractivity contribution in [3.05, 3.63) is 35.9 Å². The molecule has 0 spiro atoms. The van der Waals surface area contributed by atoms with Gasteiger partial charge in [-0.05, 0) is 18.4 Å². The summed E-state index contributed by atoms with van der Waals surface area (Å²) in [5.41, 5.74) is 0.774. The molecule has 1 fully saturated rings. The molecule has 0 radical (unpaired) electrons. The lowest BCUT2D eigenvalue weighted by Gasteiger charge is -2.24. The highest BCUT2D eigenvalue weighted by atomic mass is 16.2. The zero-order valence-corrected chi connectivity index (χ0v) is 12.4. The lowest BCUT2D eigenvalue weighted by molar-refractivity contribution is -0.122. The summed E-state index contributed by atoms with van der Waals surface area (Å²) in [4.78, 5) is 24.1. The number of hydrogen-bond donors (Lipinski definition) is 3. The lowest BCUT2D eigenvalue weighted by atomic mass is 9.96. The normalized spacial score (nSPS) is 16.8. The van der Waals surface area contributed by atoms with Crippen LogP contribution in [0.1, 0.15) is 43.7 Å². The fraction of sp³-hybridized carbons (Fsp3) is 0.500. The second-order valence-corrected chi connectivity index (χ2v) is 5.41. The number of hydrogen-bond acceptors (Lipinski definition) is 2. The molecule has 1 saturated carbocycles. The summed E-state index contributed by atoms with van der Waals surface area (Å²) in [6, 6.07) is 8.53. The van der Waals surface area contributed by atoms with Crippen LogP contribution in [0.15, 0.2) is 30.3 Å². The van der Waals surface area contributed by atoms with Crippen LogP contribution >= 0.6 is 0 Å². The molecule has 1 atom stereocenters. The second-order valence-electron chi connectivity index (χ2n) is 5.41. The summed E-state index contributed by atoms with van der Waals surface area (Å²) >= 11 is 0. The number of rotatable bonds is 4. The highest BCUT2D eigenvalue weighted by molar-refractivity contribution is 5.88. The SMILES string of the molecule is CNC(=O)[C@H](NC(=O)NC1CCCCC1)c1ccccc1. The van der Waals surface area contributed by atoms with Gasteiger partial charge in [-0.25, -0.2) is 4.79 Å². The van der Waals surface area contributed by atoms with E-state index in [-0.39, 0.29) is 18.0 Å². The summed E-state index contributed by atoms with van der Waals surface area (Å²) in [6.45, 7) is 0. The van der Waals surface area contributed by atoms with Gasteiger partial charge in [0, 0.05) is 13.1 Å². The average Bonchev–Trinajstić information content (AvgIpc) is 2.53. The molecule has 21 heavy (non-hydrogen) atoms. The van der Waals surface area contributed by atoms with E-state index in [0.717, 1.165) is 31.2 Å². The summed E-state index contributed by atoms with van der Waals surface area (Å²) in [5.74, 6) is -0.222. The van der Waals surface area contributed by atoms with E-state index in [1.807, 2.05) is 30.3 Å². The van der Waals surface area contributed by atoms with E-state index in [0.29, 0.717) is 0 Å². The molecular formula is C16H23N3O2. The number of likely N-dealkylation sites (N-methyl/N-ethyl adjacent to an activating group) is 1. The van der Waals surface area contributed by atoms with E-state index in [2.05, 4.69) is 16.0 Å². The van der Waals surface area contributed by atoms with Gasteiger partial charge in [0.25, 0.3) is 0 Å². The largest absolute Gasteiger partial charge is 0.357 e. The molecule has 1 aliphatic carbocycles. The van der Waals surface area contributed by atoms with Crippen LogP contribution in [0.3, 0.4) is 0 Å². The Bertz CT molecular complexity index is 470. The quantitative estimate of drug-likeness (QED) is 0.794. The van der Waals surface area contributed by atoms with Crippen LogP contribution in [0.2, 0.25) is 0 Å². The van der Waals surface area contributed by atoms with Gasteiger partial charge in [0.15, 0.2) is 0 Å². The van der Waals surface area contributed by atoms with Gasteiger partial charge in [-0.3, -0.25) is 4.79 Å². The third-order valence-corrected chi connectivity index (χ3v) is 3.86. The summed E-state index contributed by atoms with van der Waals surface area (Å²) < 4.78 is 0. The Morgan fingerprint density at radius 1 is 1.10 bits per heavy atom. The molecule has 3 amide bonds. The Balaban J connectivity index is 1.98. The molecular weight excluding hydrogens is 266 g/mol. The monoisotopic (exact) mass is 289 g/mol. The highest BCUT2D eigenvalue weighted by Gasteiger charge is 2.23. The molecule has 0 heterocycles. The molecule has 0 unspecified atom stereocenters. The van der Waals surface area contributed by atoms with Crippen molar-refractivity contribution in [2.45, 2.75) is 44.2 Å². The van der Waals surface area contributed by atoms with Crippen LogP contribution in [-0.2, 0) is 4.79 Å². The van der Waals surface area contributed by atoms with Crippen molar-refractivity contribution in [3.63, 3.8) is 0 Å². The van der Waals surface area contributed by atoms with Crippen LogP contribution in [0.25, 0.3) is 0 Å². The minimum Gasteiger partial charge on any atom is -0.357 e. The van der Waals surface area contributed by atoms with Gasteiger partial charge in [0.1, 0.15) is 6.04 Å². The Kier molecular flexibility index (Phi) is 5.60. The van der Waals surface area contributed by atoms with E-state index in [1.165, 1.54) is 6.42 Å². The maximum absolute atomic E-state index is 12.1. The van der Waals surface area contributed by atoms with Crippen molar-refractivity contribution in [2.24, 2.45) is 0 Å². The van der Waals surface area contributed by atoms with E-state index < -0.39 is 6.04 Å². The average molecular weight is 289 g/mol. The Labute approximate surface area is 125 Å². The number of amides is 3. The molecule has 1 aromatic carbocycles. The lowest BCUT2D eigenvalue weighted by Crippen LogP contribution is -2.47. The summed E-state index contributed by atoms with van der Waals surface area (Å²) in [6.07, 6.45) is 5.59. The summed E-state index contributed by atoms with van der Waals surface area (Å²) in [5, 5.41) is 8.33. The van der Waals surface area contributed by atoms with E-state index in [4.69, 9.17) is 0 Å². The first-order valence-corrected chi connectivity index (χ1v) is 7.54. The van der Waals surface area contributed by atoms with Crippen molar-refractivity contribution >= 4 is 11.9 Å². The topological polar surface area (TPSA) is 70.2 Å². The molecule has 2 rings (SSSR count).